The topological polar surface area (TPSA) is 64.3 Å². The third-order valence-electron chi connectivity index (χ3n) is 2.16. The molecule has 0 bridgehead atoms. The second-order valence-electron chi connectivity index (χ2n) is 3.66. The molecule has 6 heteroatoms. The number of hydrogen-bond donors (Lipinski definition) is 1. The molecule has 2 N–H and O–H groups in total. The minimum absolute atomic E-state index is 0.388. The fourth-order valence-electron chi connectivity index (χ4n) is 1.29. The summed E-state index contributed by atoms with van der Waals surface area (Å²) in [5, 5.41) is 9.09. The predicted octanol–water partition coefficient (Wildman–Crippen LogP) is 1.86. The van der Waals surface area contributed by atoms with Gasteiger partial charge in [-0.15, -0.1) is 5.10 Å². The van der Waals surface area contributed by atoms with E-state index in [0.717, 1.165) is 16.4 Å². The van der Waals surface area contributed by atoms with E-state index in [0.29, 0.717) is 11.7 Å². The van der Waals surface area contributed by atoms with E-state index in [1.807, 2.05) is 43.3 Å². The van der Waals surface area contributed by atoms with Crippen molar-refractivity contribution in [1.82, 2.24) is 10.2 Å². The second kappa shape index (κ2) is 5.11. The Hall–Kier alpha value is -1.66. The molecule has 5 nitrogen and oxygen atoms in total. The third-order valence-corrected chi connectivity index (χ3v) is 2.99. The van der Waals surface area contributed by atoms with Crippen molar-refractivity contribution in [3.63, 3.8) is 0 Å². The molecule has 0 atom stereocenters. The first-order chi connectivity index (χ1) is 8.19. The van der Waals surface area contributed by atoms with Crippen LogP contribution in [0.25, 0.3) is 0 Å². The SMILES string of the molecule is CN(C)c1cccc(Oc2nnc(CN)s2)c1. The maximum absolute atomic E-state index is 5.61. The first-order valence-electron chi connectivity index (χ1n) is 5.16. The summed E-state index contributed by atoms with van der Waals surface area (Å²) in [7, 11) is 3.97. The molecule has 2 aromatic rings. The van der Waals surface area contributed by atoms with E-state index >= 15 is 0 Å². The highest BCUT2D eigenvalue weighted by Gasteiger charge is 2.05. The van der Waals surface area contributed by atoms with Crippen LogP contribution >= 0.6 is 11.3 Å². The molecule has 0 aliphatic rings. The fraction of sp³-hybridized carbons (Fsp3) is 0.273. The average molecular weight is 250 g/mol. The van der Waals surface area contributed by atoms with Gasteiger partial charge in [-0.05, 0) is 12.1 Å². The van der Waals surface area contributed by atoms with E-state index in [1.165, 1.54) is 11.3 Å². The molecule has 2 rings (SSSR count). The van der Waals surface area contributed by atoms with Gasteiger partial charge < -0.3 is 15.4 Å². The number of nitrogens with two attached hydrogens (primary N) is 1. The Morgan fingerprint density at radius 3 is 2.82 bits per heavy atom. The number of hydrogen-bond acceptors (Lipinski definition) is 6. The molecule has 1 heterocycles. The molecule has 0 saturated carbocycles. The van der Waals surface area contributed by atoms with Crippen molar-refractivity contribution in [2.45, 2.75) is 6.54 Å². The zero-order valence-electron chi connectivity index (χ0n) is 9.75. The largest absolute Gasteiger partial charge is 0.430 e. The standard InChI is InChI=1S/C11H14N4OS/c1-15(2)8-4-3-5-9(6-8)16-11-14-13-10(7-12)17-11/h3-6H,7,12H2,1-2H3. The molecule has 0 aliphatic heterocycles. The Morgan fingerprint density at radius 1 is 1.35 bits per heavy atom. The molecule has 1 aromatic heterocycles. The lowest BCUT2D eigenvalue weighted by atomic mass is 10.3. The van der Waals surface area contributed by atoms with Gasteiger partial charge in [0, 0.05) is 32.4 Å². The van der Waals surface area contributed by atoms with Gasteiger partial charge in [-0.3, -0.25) is 0 Å². The summed E-state index contributed by atoms with van der Waals surface area (Å²) in [6, 6.07) is 7.79. The first-order valence-corrected chi connectivity index (χ1v) is 5.98. The minimum atomic E-state index is 0.388. The fourth-order valence-corrected chi connectivity index (χ4v) is 1.87. The predicted molar refractivity (Wildman–Crippen MR) is 68.6 cm³/mol. The number of aromatic nitrogens is 2. The molecule has 1 aromatic carbocycles. The average Bonchev–Trinajstić information content (AvgIpc) is 2.77. The molecule has 0 radical (unpaired) electrons. The van der Waals surface area contributed by atoms with Crippen LogP contribution in [-0.4, -0.2) is 24.3 Å². The molecular weight excluding hydrogens is 236 g/mol. The monoisotopic (exact) mass is 250 g/mol. The highest BCUT2D eigenvalue weighted by Crippen LogP contribution is 2.27. The molecular formula is C11H14N4OS. The van der Waals surface area contributed by atoms with Gasteiger partial charge in [0.1, 0.15) is 10.8 Å². The number of benzene rings is 1. The number of rotatable bonds is 4. The van der Waals surface area contributed by atoms with Crippen molar-refractivity contribution in [3.8, 4) is 10.9 Å². The molecule has 0 fully saturated rings. The zero-order chi connectivity index (χ0) is 12.3. The summed E-state index contributed by atoms with van der Waals surface area (Å²) >= 11 is 1.36. The maximum Gasteiger partial charge on any atom is 0.299 e. The van der Waals surface area contributed by atoms with Gasteiger partial charge in [-0.25, -0.2) is 0 Å². The van der Waals surface area contributed by atoms with Crippen molar-refractivity contribution in [1.29, 1.82) is 0 Å². The van der Waals surface area contributed by atoms with Crippen LogP contribution in [0.5, 0.6) is 10.9 Å². The van der Waals surface area contributed by atoms with Crippen molar-refractivity contribution >= 4 is 17.0 Å². The van der Waals surface area contributed by atoms with Crippen molar-refractivity contribution in [2.75, 3.05) is 19.0 Å². The molecule has 0 spiro atoms. The van der Waals surface area contributed by atoms with Gasteiger partial charge >= 0.3 is 0 Å². The zero-order valence-corrected chi connectivity index (χ0v) is 10.6. The van der Waals surface area contributed by atoms with Crippen molar-refractivity contribution in [3.05, 3.63) is 29.3 Å². The van der Waals surface area contributed by atoms with Crippen LogP contribution in [0.1, 0.15) is 5.01 Å². The van der Waals surface area contributed by atoms with E-state index in [4.69, 9.17) is 10.5 Å². The summed E-state index contributed by atoms with van der Waals surface area (Å²) < 4.78 is 5.61. The molecule has 0 saturated heterocycles. The number of anilines is 1. The third kappa shape index (κ3) is 2.92. The Labute approximate surface area is 104 Å². The summed E-state index contributed by atoms with van der Waals surface area (Å²) in [4.78, 5) is 2.01. The second-order valence-corrected chi connectivity index (χ2v) is 4.68. The van der Waals surface area contributed by atoms with Crippen molar-refractivity contribution < 1.29 is 4.74 Å². The Kier molecular flexibility index (Phi) is 3.55. The van der Waals surface area contributed by atoms with Gasteiger partial charge in [0.2, 0.25) is 0 Å². The smallest absolute Gasteiger partial charge is 0.299 e. The van der Waals surface area contributed by atoms with Gasteiger partial charge in [-0.1, -0.05) is 22.5 Å². The maximum atomic E-state index is 5.61. The van der Waals surface area contributed by atoms with E-state index in [2.05, 4.69) is 10.2 Å². The lowest BCUT2D eigenvalue weighted by Crippen LogP contribution is -2.08. The summed E-state index contributed by atoms with van der Waals surface area (Å²) in [6.07, 6.45) is 0. The van der Waals surface area contributed by atoms with Crippen LogP contribution in [0.4, 0.5) is 5.69 Å². The molecule has 0 amide bonds. The number of ether oxygens (including phenoxy) is 1. The van der Waals surface area contributed by atoms with Crippen LogP contribution in [0.3, 0.4) is 0 Å². The van der Waals surface area contributed by atoms with E-state index in [9.17, 15) is 0 Å². The quantitative estimate of drug-likeness (QED) is 0.897. The molecule has 90 valence electrons. The minimum Gasteiger partial charge on any atom is -0.430 e. The van der Waals surface area contributed by atoms with E-state index < -0.39 is 0 Å². The molecule has 0 aliphatic carbocycles. The first kappa shape index (κ1) is 11.8. The van der Waals surface area contributed by atoms with Crippen LogP contribution in [0.15, 0.2) is 24.3 Å². The molecule has 0 unspecified atom stereocenters. The normalized spacial score (nSPS) is 10.3. The Bertz CT molecular complexity index is 498. The Morgan fingerprint density at radius 2 is 2.18 bits per heavy atom. The lowest BCUT2D eigenvalue weighted by Gasteiger charge is -2.12. The summed E-state index contributed by atoms with van der Waals surface area (Å²) in [5.41, 5.74) is 6.54. The van der Waals surface area contributed by atoms with Gasteiger partial charge in [0.15, 0.2) is 0 Å². The summed E-state index contributed by atoms with van der Waals surface area (Å²) in [5.74, 6) is 0.746. The van der Waals surface area contributed by atoms with Gasteiger partial charge in [0.25, 0.3) is 5.19 Å². The highest BCUT2D eigenvalue weighted by atomic mass is 32.1. The van der Waals surface area contributed by atoms with Crippen LogP contribution in [0.2, 0.25) is 0 Å². The molecule has 17 heavy (non-hydrogen) atoms. The van der Waals surface area contributed by atoms with Crippen LogP contribution in [-0.2, 0) is 6.54 Å². The summed E-state index contributed by atoms with van der Waals surface area (Å²) in [6.45, 7) is 0.388. The van der Waals surface area contributed by atoms with E-state index in [1.54, 1.807) is 0 Å². The van der Waals surface area contributed by atoms with Gasteiger partial charge in [0.05, 0.1) is 0 Å². The van der Waals surface area contributed by atoms with Crippen LogP contribution in [0, 0.1) is 0 Å². The Balaban J connectivity index is 2.15. The number of nitrogens with zero attached hydrogens (tertiary/aromatic N) is 3. The lowest BCUT2D eigenvalue weighted by molar-refractivity contribution is 0.473. The van der Waals surface area contributed by atoms with Crippen molar-refractivity contribution in [2.24, 2.45) is 5.73 Å². The highest BCUT2D eigenvalue weighted by molar-refractivity contribution is 7.13. The van der Waals surface area contributed by atoms with E-state index in [-0.39, 0.29) is 0 Å². The van der Waals surface area contributed by atoms with Gasteiger partial charge in [-0.2, -0.15) is 0 Å². The van der Waals surface area contributed by atoms with Crippen LogP contribution < -0.4 is 15.4 Å².